The summed E-state index contributed by atoms with van der Waals surface area (Å²) < 4.78 is 109. The molecule has 8 rings (SSSR count). The van der Waals surface area contributed by atoms with Crippen LogP contribution in [0.3, 0.4) is 0 Å². The third-order valence-electron chi connectivity index (χ3n) is 14.4. The maximum atomic E-state index is 14.9. The number of nitrogens with one attached hydrogen (secondary N) is 1. The first-order valence-electron chi connectivity index (χ1n) is 24.7. The second kappa shape index (κ2) is 22.3. The monoisotopic (exact) mass is 1030 g/mol. The van der Waals surface area contributed by atoms with Gasteiger partial charge in [-0.25, -0.2) is 24.1 Å². The van der Waals surface area contributed by atoms with Gasteiger partial charge in [-0.15, -0.1) is 10.2 Å². The summed E-state index contributed by atoms with van der Waals surface area (Å²) in [5, 5.41) is 38.9. The van der Waals surface area contributed by atoms with Crippen molar-refractivity contribution >= 4 is 23.9 Å². The standard InChI is InChI=1S/C48H58F6N10O9/c1-62(29-9-3-4-10-29)39(65)19-16-35-41(63(2)60-58-35)34-15-18-38(43(57-34)48(52,53)54)72-32-21-26(20-28(23-32)45(68)69)25-64-36(24-55-46(70)73-30-11-5-6-12-30)40(59-61-64)33-14-17-37(42(56-33)47(49,50)51)71-31-13-7-8-27(22-31)44(66)67/h14-15,17-18,26-32H,3-13,16,19-25H2,1-2H3,(H,55,70)(H,66,67)(H,68,69)/t26?,27-,28-,31-,32-/m0/s1. The number of alkyl carbamates (subject to hydrolysis) is 1. The Bertz CT molecular complexity index is 2630. The number of aliphatic carboxylic acids is 2. The van der Waals surface area contributed by atoms with Crippen LogP contribution in [0.1, 0.15) is 126 Å². The number of pyridine rings is 2. The summed E-state index contributed by atoms with van der Waals surface area (Å²) in [6, 6.07) is 4.82. The highest BCUT2D eigenvalue weighted by molar-refractivity contribution is 5.77. The zero-order valence-electron chi connectivity index (χ0n) is 40.3. The van der Waals surface area contributed by atoms with Crippen molar-refractivity contribution in [3.63, 3.8) is 0 Å². The van der Waals surface area contributed by atoms with E-state index in [-0.39, 0.29) is 104 Å². The normalized spacial score (nSPS) is 22.0. The molecule has 396 valence electrons. The van der Waals surface area contributed by atoms with Gasteiger partial charge in [0.25, 0.3) is 0 Å². The summed E-state index contributed by atoms with van der Waals surface area (Å²) in [6.07, 6.45) is -5.12. The Morgan fingerprint density at radius 2 is 1.33 bits per heavy atom. The van der Waals surface area contributed by atoms with Crippen LogP contribution < -0.4 is 14.8 Å². The molecule has 19 nitrogen and oxygen atoms in total. The van der Waals surface area contributed by atoms with Gasteiger partial charge in [0, 0.05) is 39.5 Å². The van der Waals surface area contributed by atoms with Crippen molar-refractivity contribution in [2.45, 2.75) is 159 Å². The van der Waals surface area contributed by atoms with Crippen molar-refractivity contribution in [1.29, 1.82) is 0 Å². The van der Waals surface area contributed by atoms with Crippen LogP contribution >= 0.6 is 0 Å². The second-order valence-corrected chi connectivity index (χ2v) is 19.6. The molecule has 4 aliphatic rings. The molecule has 1 unspecified atom stereocenters. The summed E-state index contributed by atoms with van der Waals surface area (Å²) in [5.74, 6) is -6.25. The minimum atomic E-state index is -5.04. The average Bonchev–Trinajstić information content (AvgIpc) is 4.19. The van der Waals surface area contributed by atoms with Crippen LogP contribution in [0.15, 0.2) is 24.3 Å². The Hall–Kier alpha value is -6.56. The van der Waals surface area contributed by atoms with E-state index >= 15 is 0 Å². The van der Waals surface area contributed by atoms with Crippen molar-refractivity contribution in [1.82, 2.24) is 50.2 Å². The van der Waals surface area contributed by atoms with Crippen LogP contribution in [0.5, 0.6) is 11.5 Å². The Labute approximate surface area is 415 Å². The first kappa shape index (κ1) is 52.8. The maximum absolute atomic E-state index is 14.9. The van der Waals surface area contributed by atoms with Gasteiger partial charge in [0.1, 0.15) is 17.5 Å². The van der Waals surface area contributed by atoms with Gasteiger partial charge in [-0.2, -0.15) is 26.3 Å². The van der Waals surface area contributed by atoms with E-state index in [0.717, 1.165) is 50.7 Å². The number of hydrogen-bond acceptors (Lipinski definition) is 13. The molecule has 0 aromatic carbocycles. The lowest BCUT2D eigenvalue weighted by molar-refractivity contribution is -0.147. The Morgan fingerprint density at radius 3 is 1.99 bits per heavy atom. The Balaban J connectivity index is 1.04. The second-order valence-electron chi connectivity index (χ2n) is 19.6. The first-order chi connectivity index (χ1) is 34.7. The van der Waals surface area contributed by atoms with Crippen LogP contribution in [-0.2, 0) is 58.0 Å². The van der Waals surface area contributed by atoms with E-state index in [1.165, 1.54) is 28.5 Å². The fraction of sp³-hybridized carbons (Fsp3) is 0.625. The predicted molar refractivity (Wildman–Crippen MR) is 243 cm³/mol. The van der Waals surface area contributed by atoms with Gasteiger partial charge in [-0.1, -0.05) is 23.3 Å². The number of aryl methyl sites for hydroxylation is 2. The largest absolute Gasteiger partial charge is 0.488 e. The Kier molecular flexibility index (Phi) is 16.1. The minimum Gasteiger partial charge on any atom is -0.488 e. The van der Waals surface area contributed by atoms with Crippen molar-refractivity contribution in [2.24, 2.45) is 24.8 Å². The number of carbonyl (C=O) groups excluding carboxylic acids is 2. The molecule has 4 aromatic rings. The zero-order valence-corrected chi connectivity index (χ0v) is 40.3. The SMILES string of the molecule is CN(C(=O)CCc1nnn(C)c1-c1ccc(O[C@H]2CC(Cn3nnc(-c4ccc(O[C@H]5CCC[C@H](C(=O)O)C5)c(C(F)(F)F)n4)c3CNC(=O)OC3CCCC3)C[C@H](C(=O)O)C2)c(C(F)(F)F)n1)C1CCCC1. The lowest BCUT2D eigenvalue weighted by Gasteiger charge is -2.33. The molecule has 0 spiro atoms. The van der Waals surface area contributed by atoms with Gasteiger partial charge >= 0.3 is 30.4 Å². The van der Waals surface area contributed by atoms with Crippen LogP contribution in [0.25, 0.3) is 22.8 Å². The number of ether oxygens (including phenoxy) is 3. The van der Waals surface area contributed by atoms with Gasteiger partial charge in [-0.3, -0.25) is 14.4 Å². The third-order valence-corrected chi connectivity index (χ3v) is 14.4. The van der Waals surface area contributed by atoms with Gasteiger partial charge in [0.15, 0.2) is 22.9 Å². The van der Waals surface area contributed by atoms with Crippen molar-refractivity contribution in [3.8, 4) is 34.3 Å². The van der Waals surface area contributed by atoms with Crippen molar-refractivity contribution in [2.75, 3.05) is 7.05 Å². The number of aromatic nitrogens is 8. The molecule has 0 saturated heterocycles. The molecule has 4 aromatic heterocycles. The molecule has 25 heteroatoms. The fourth-order valence-electron chi connectivity index (χ4n) is 10.6. The highest BCUT2D eigenvalue weighted by atomic mass is 19.4. The van der Waals surface area contributed by atoms with Crippen LogP contribution in [0.4, 0.5) is 31.1 Å². The molecule has 73 heavy (non-hydrogen) atoms. The molecule has 4 heterocycles. The van der Waals surface area contributed by atoms with E-state index in [4.69, 9.17) is 14.2 Å². The molecular weight excluding hydrogens is 975 g/mol. The number of carbonyl (C=O) groups is 4. The molecule has 4 aliphatic carbocycles. The molecule has 0 radical (unpaired) electrons. The average molecular weight is 1030 g/mol. The van der Waals surface area contributed by atoms with E-state index in [1.54, 1.807) is 11.9 Å². The number of halogens is 6. The summed E-state index contributed by atoms with van der Waals surface area (Å²) in [6.45, 7) is -0.527. The van der Waals surface area contributed by atoms with Crippen LogP contribution in [0.2, 0.25) is 0 Å². The maximum Gasteiger partial charge on any atom is 0.437 e. The lowest BCUT2D eigenvalue weighted by Crippen LogP contribution is -2.36. The smallest absolute Gasteiger partial charge is 0.437 e. The summed E-state index contributed by atoms with van der Waals surface area (Å²) >= 11 is 0. The number of nitrogens with zero attached hydrogens (tertiary/aromatic N) is 9. The molecule has 5 atom stereocenters. The van der Waals surface area contributed by atoms with Crippen LogP contribution in [-0.4, -0.2) is 110 Å². The molecule has 3 N–H and O–H groups in total. The fourth-order valence-corrected chi connectivity index (χ4v) is 10.6. The van der Waals surface area contributed by atoms with Crippen molar-refractivity contribution in [3.05, 3.63) is 47.0 Å². The van der Waals surface area contributed by atoms with E-state index in [2.05, 4.69) is 35.9 Å². The zero-order chi connectivity index (χ0) is 52.2. The predicted octanol–water partition coefficient (Wildman–Crippen LogP) is 8.04. The molecule has 4 saturated carbocycles. The Morgan fingerprint density at radius 1 is 0.726 bits per heavy atom. The van der Waals surface area contributed by atoms with Crippen molar-refractivity contribution < 1.29 is 69.9 Å². The van der Waals surface area contributed by atoms with Gasteiger partial charge in [-0.05, 0) is 114 Å². The third kappa shape index (κ3) is 12.8. The summed E-state index contributed by atoms with van der Waals surface area (Å²) in [4.78, 5) is 59.9. The quantitative estimate of drug-likeness (QED) is 0.0848. The highest BCUT2D eigenvalue weighted by Gasteiger charge is 2.42. The number of rotatable bonds is 17. The van der Waals surface area contributed by atoms with E-state index in [0.29, 0.717) is 32.1 Å². The van der Waals surface area contributed by atoms with Gasteiger partial charge in [0.05, 0.1) is 53.4 Å². The molecule has 0 aliphatic heterocycles. The van der Waals surface area contributed by atoms with E-state index in [1.807, 2.05) is 0 Å². The number of hydrogen-bond donors (Lipinski definition) is 3. The van der Waals surface area contributed by atoms with Gasteiger partial charge < -0.3 is 34.6 Å². The first-order valence-corrected chi connectivity index (χ1v) is 24.7. The molecule has 4 fully saturated rings. The lowest BCUT2D eigenvalue weighted by atomic mass is 9.79. The molecular formula is C48H58F6N10O9. The number of carboxylic acid groups (broad SMARTS) is 2. The summed E-state index contributed by atoms with van der Waals surface area (Å²) in [5.41, 5.74) is -2.88. The summed E-state index contributed by atoms with van der Waals surface area (Å²) in [7, 11) is 3.23. The number of alkyl halides is 6. The van der Waals surface area contributed by atoms with E-state index in [9.17, 15) is 55.7 Å². The molecule has 2 amide bonds. The number of carboxylic acids is 2. The molecule has 0 bridgehead atoms. The number of amides is 2. The van der Waals surface area contributed by atoms with Gasteiger partial charge in [0.2, 0.25) is 5.91 Å². The van der Waals surface area contributed by atoms with Crippen LogP contribution in [0, 0.1) is 17.8 Å². The van der Waals surface area contributed by atoms with E-state index < -0.39 is 83.2 Å². The minimum absolute atomic E-state index is 0.000152. The topological polar surface area (TPSA) is 239 Å². The highest BCUT2D eigenvalue weighted by Crippen LogP contribution is 2.42.